The van der Waals surface area contributed by atoms with Crippen molar-refractivity contribution in [1.82, 2.24) is 19.5 Å². The fourth-order valence-electron chi connectivity index (χ4n) is 5.03. The molecule has 0 unspecified atom stereocenters. The van der Waals surface area contributed by atoms with Gasteiger partial charge in [0.05, 0.1) is 18.3 Å². The summed E-state index contributed by atoms with van der Waals surface area (Å²) < 4.78 is 47.0. The molecule has 0 bridgehead atoms. The summed E-state index contributed by atoms with van der Waals surface area (Å²) in [5.41, 5.74) is 0.691. The number of halogens is 3. The Morgan fingerprint density at radius 3 is 2.59 bits per heavy atom. The van der Waals surface area contributed by atoms with Gasteiger partial charge in [-0.25, -0.2) is 19.5 Å². The number of nitrogens with one attached hydrogen (secondary N) is 1. The van der Waals surface area contributed by atoms with Gasteiger partial charge in [-0.05, 0) is 70.1 Å². The molecule has 1 atom stereocenters. The Bertz CT molecular complexity index is 1450. The Balaban J connectivity index is 1.62. The van der Waals surface area contributed by atoms with Crippen LogP contribution in [0.4, 0.5) is 40.1 Å². The van der Waals surface area contributed by atoms with Crippen LogP contribution in [0, 0.1) is 0 Å². The monoisotopic (exact) mass is 574 g/mol. The Kier molecular flexibility index (Phi) is 7.47. The van der Waals surface area contributed by atoms with E-state index in [-0.39, 0.29) is 35.6 Å². The molecule has 2 aliphatic rings. The number of ether oxygens (including phenoxy) is 1. The van der Waals surface area contributed by atoms with Crippen LogP contribution in [0.5, 0.6) is 0 Å². The van der Waals surface area contributed by atoms with Gasteiger partial charge in [0.15, 0.2) is 5.65 Å². The standard InChI is InChI=1S/C28H33F3N6O4/c1-27(2,3)41-26(40)36(20-8-4-6-17(12-20)14-28(29,30)31)23-13-22(33-19-7-5-11-35(16-19)25(38)39)34-24-21(18-9-10-18)15-32-37(23)24/h4,6,8,12-13,15,18-19H,5,7,9-11,14,16H2,1-3H3,(H,33,34)(H,38,39)/t19-/m0/s1. The molecule has 1 saturated carbocycles. The molecule has 5 rings (SSSR count). The van der Waals surface area contributed by atoms with E-state index in [2.05, 4.69) is 10.4 Å². The maximum atomic E-state index is 13.7. The first kappa shape index (κ1) is 28.5. The zero-order chi connectivity index (χ0) is 29.5. The van der Waals surface area contributed by atoms with Crippen molar-refractivity contribution in [3.8, 4) is 0 Å². The van der Waals surface area contributed by atoms with E-state index in [0.29, 0.717) is 24.4 Å². The third kappa shape index (κ3) is 6.83. The molecule has 1 aliphatic heterocycles. The summed E-state index contributed by atoms with van der Waals surface area (Å²) in [4.78, 5) is 32.6. The summed E-state index contributed by atoms with van der Waals surface area (Å²) in [5, 5.41) is 17.3. The topological polar surface area (TPSA) is 112 Å². The second-order valence-corrected chi connectivity index (χ2v) is 11.6. The Labute approximate surface area is 235 Å². The van der Waals surface area contributed by atoms with Gasteiger partial charge < -0.3 is 20.1 Å². The molecule has 3 aromatic rings. The Morgan fingerprint density at radius 2 is 1.93 bits per heavy atom. The first-order chi connectivity index (χ1) is 19.3. The number of piperidine rings is 1. The van der Waals surface area contributed by atoms with Crippen LogP contribution >= 0.6 is 0 Å². The van der Waals surface area contributed by atoms with Gasteiger partial charge in [0.1, 0.15) is 17.2 Å². The molecule has 220 valence electrons. The molecule has 2 amide bonds. The van der Waals surface area contributed by atoms with Crippen molar-refractivity contribution in [2.24, 2.45) is 0 Å². The van der Waals surface area contributed by atoms with Gasteiger partial charge in [-0.15, -0.1) is 0 Å². The number of hydrogen-bond donors (Lipinski definition) is 2. The molecule has 2 N–H and O–H groups in total. The molecule has 0 spiro atoms. The van der Waals surface area contributed by atoms with Gasteiger partial charge in [0.2, 0.25) is 0 Å². The highest BCUT2D eigenvalue weighted by molar-refractivity contribution is 5.96. The molecule has 3 heterocycles. The van der Waals surface area contributed by atoms with Crippen molar-refractivity contribution < 1.29 is 32.6 Å². The molecular formula is C28H33F3N6O4. The van der Waals surface area contributed by atoms with Crippen LogP contribution in [0.1, 0.15) is 63.5 Å². The second kappa shape index (κ2) is 10.7. The maximum absolute atomic E-state index is 13.7. The van der Waals surface area contributed by atoms with Crippen LogP contribution < -0.4 is 10.2 Å². The van der Waals surface area contributed by atoms with E-state index in [4.69, 9.17) is 9.72 Å². The zero-order valence-corrected chi connectivity index (χ0v) is 23.1. The van der Waals surface area contributed by atoms with Gasteiger partial charge in [0, 0.05) is 30.8 Å². The minimum atomic E-state index is -4.43. The van der Waals surface area contributed by atoms with Crippen LogP contribution in [0.3, 0.4) is 0 Å². The number of carbonyl (C=O) groups excluding carboxylic acids is 1. The third-order valence-corrected chi connectivity index (χ3v) is 6.92. The Morgan fingerprint density at radius 1 is 1.17 bits per heavy atom. The van der Waals surface area contributed by atoms with Crippen LogP contribution in [0.25, 0.3) is 5.65 Å². The van der Waals surface area contributed by atoms with Crippen molar-refractivity contribution in [1.29, 1.82) is 0 Å². The van der Waals surface area contributed by atoms with Crippen molar-refractivity contribution >= 4 is 35.2 Å². The van der Waals surface area contributed by atoms with Crippen molar-refractivity contribution in [2.45, 2.75) is 76.6 Å². The molecule has 1 aliphatic carbocycles. The number of anilines is 3. The first-order valence-corrected chi connectivity index (χ1v) is 13.6. The Hall–Kier alpha value is -4.03. The van der Waals surface area contributed by atoms with Crippen LogP contribution in [0.2, 0.25) is 0 Å². The minimum Gasteiger partial charge on any atom is -0.465 e. The second-order valence-electron chi connectivity index (χ2n) is 11.6. The average Bonchev–Trinajstić information content (AvgIpc) is 3.61. The van der Waals surface area contributed by atoms with Gasteiger partial charge in [-0.3, -0.25) is 0 Å². The molecule has 13 heteroatoms. The molecule has 0 radical (unpaired) electrons. The van der Waals surface area contributed by atoms with Crippen LogP contribution in [0.15, 0.2) is 36.5 Å². The average molecular weight is 575 g/mol. The molecular weight excluding hydrogens is 541 g/mol. The number of rotatable bonds is 6. The van der Waals surface area contributed by atoms with E-state index in [1.165, 1.54) is 32.5 Å². The van der Waals surface area contributed by atoms with Gasteiger partial charge in [0.25, 0.3) is 0 Å². The van der Waals surface area contributed by atoms with E-state index in [0.717, 1.165) is 24.8 Å². The summed E-state index contributed by atoms with van der Waals surface area (Å²) in [6.07, 6.45) is -2.33. The number of benzene rings is 1. The van der Waals surface area contributed by atoms with E-state index >= 15 is 0 Å². The summed E-state index contributed by atoms with van der Waals surface area (Å²) in [6, 6.07) is 7.05. The lowest BCUT2D eigenvalue weighted by Crippen LogP contribution is -2.44. The largest absolute Gasteiger partial charge is 0.465 e. The number of carboxylic acid groups (broad SMARTS) is 1. The lowest BCUT2D eigenvalue weighted by atomic mass is 10.1. The molecule has 10 nitrogen and oxygen atoms in total. The normalized spacial score (nSPS) is 17.9. The van der Waals surface area contributed by atoms with E-state index in [1.807, 2.05) is 0 Å². The van der Waals surface area contributed by atoms with Gasteiger partial charge in [-0.1, -0.05) is 12.1 Å². The van der Waals surface area contributed by atoms with Crippen molar-refractivity contribution in [2.75, 3.05) is 23.3 Å². The predicted octanol–water partition coefficient (Wildman–Crippen LogP) is 6.34. The zero-order valence-electron chi connectivity index (χ0n) is 23.1. The first-order valence-electron chi connectivity index (χ1n) is 13.6. The maximum Gasteiger partial charge on any atom is 0.420 e. The highest BCUT2D eigenvalue weighted by Crippen LogP contribution is 2.43. The SMILES string of the molecule is CC(C)(C)OC(=O)N(c1cccc(CC(F)(F)F)c1)c1cc(N[C@H]2CCCN(C(=O)O)C2)nc2c(C3CC3)cnn12. The highest BCUT2D eigenvalue weighted by atomic mass is 19.4. The minimum absolute atomic E-state index is 0.0118. The number of carbonyl (C=O) groups is 2. The molecule has 1 aromatic carbocycles. The number of amides is 2. The number of aromatic nitrogens is 3. The number of alkyl halides is 3. The summed E-state index contributed by atoms with van der Waals surface area (Å²) >= 11 is 0. The molecule has 2 fully saturated rings. The molecule has 1 saturated heterocycles. The van der Waals surface area contributed by atoms with Crippen molar-refractivity contribution in [3.63, 3.8) is 0 Å². The third-order valence-electron chi connectivity index (χ3n) is 6.92. The number of fused-ring (bicyclic) bond motifs is 1. The summed E-state index contributed by atoms with van der Waals surface area (Å²) in [5.74, 6) is 0.895. The fourth-order valence-corrected chi connectivity index (χ4v) is 5.03. The predicted molar refractivity (Wildman–Crippen MR) is 146 cm³/mol. The highest BCUT2D eigenvalue weighted by Gasteiger charge is 2.33. The van der Waals surface area contributed by atoms with Crippen molar-refractivity contribution in [3.05, 3.63) is 47.7 Å². The van der Waals surface area contributed by atoms with E-state index in [1.54, 1.807) is 39.1 Å². The number of likely N-dealkylation sites (tertiary alicyclic amines) is 1. The number of hydrogen-bond acceptors (Lipinski definition) is 6. The lowest BCUT2D eigenvalue weighted by molar-refractivity contribution is -0.127. The smallest absolute Gasteiger partial charge is 0.420 e. The summed E-state index contributed by atoms with van der Waals surface area (Å²) in [6.45, 7) is 5.82. The number of nitrogens with zero attached hydrogens (tertiary/aromatic N) is 5. The quantitative estimate of drug-likeness (QED) is 0.353. The lowest BCUT2D eigenvalue weighted by Gasteiger charge is -2.32. The summed E-state index contributed by atoms with van der Waals surface area (Å²) in [7, 11) is 0. The van der Waals surface area contributed by atoms with Gasteiger partial charge >= 0.3 is 18.4 Å². The molecule has 41 heavy (non-hydrogen) atoms. The molecule has 2 aromatic heterocycles. The van der Waals surface area contributed by atoms with E-state index < -0.39 is 30.4 Å². The van der Waals surface area contributed by atoms with Crippen LogP contribution in [-0.4, -0.2) is 67.7 Å². The van der Waals surface area contributed by atoms with Crippen LogP contribution in [-0.2, 0) is 11.2 Å². The van der Waals surface area contributed by atoms with Gasteiger partial charge in [-0.2, -0.15) is 22.8 Å². The van der Waals surface area contributed by atoms with E-state index in [9.17, 15) is 27.9 Å². The fraction of sp³-hybridized carbons (Fsp3) is 0.500.